The molecule has 0 aliphatic heterocycles. The molecule has 0 spiro atoms. The molecular formula is C25H23FN4O2S. The molecule has 33 heavy (non-hydrogen) atoms. The molecule has 3 aromatic carbocycles. The zero-order chi connectivity index (χ0) is 23.0. The van der Waals surface area contributed by atoms with Crippen molar-refractivity contribution in [2.45, 2.75) is 18.1 Å². The Hall–Kier alpha value is -3.65. The lowest BCUT2D eigenvalue weighted by Gasteiger charge is -2.11. The van der Waals surface area contributed by atoms with Gasteiger partial charge in [-0.1, -0.05) is 42.1 Å². The number of rotatable bonds is 9. The van der Waals surface area contributed by atoms with Crippen molar-refractivity contribution in [2.24, 2.45) is 0 Å². The van der Waals surface area contributed by atoms with Gasteiger partial charge in [-0.2, -0.15) is 0 Å². The molecule has 1 aromatic heterocycles. The van der Waals surface area contributed by atoms with Crippen LogP contribution in [-0.4, -0.2) is 33.5 Å². The van der Waals surface area contributed by atoms with E-state index in [1.807, 2.05) is 47.0 Å². The molecule has 0 atom stereocenters. The second-order valence-corrected chi connectivity index (χ2v) is 8.21. The number of nitrogens with zero attached hydrogens (tertiary/aromatic N) is 3. The van der Waals surface area contributed by atoms with Crippen LogP contribution < -0.4 is 10.1 Å². The highest BCUT2D eigenvalue weighted by molar-refractivity contribution is 7.99. The Morgan fingerprint density at radius 1 is 1.00 bits per heavy atom. The maximum atomic E-state index is 13.1. The number of aryl methyl sites for hydroxylation is 1. The highest BCUT2D eigenvalue weighted by Crippen LogP contribution is 2.26. The lowest BCUT2D eigenvalue weighted by atomic mass is 10.1. The molecule has 6 nitrogen and oxygen atoms in total. The fourth-order valence-corrected chi connectivity index (χ4v) is 4.06. The summed E-state index contributed by atoms with van der Waals surface area (Å²) in [6, 6.07) is 23.5. The molecule has 8 heteroatoms. The van der Waals surface area contributed by atoms with E-state index in [4.69, 9.17) is 4.74 Å². The first-order chi connectivity index (χ1) is 16.1. The largest absolute Gasteiger partial charge is 0.497 e. The van der Waals surface area contributed by atoms with E-state index in [1.165, 1.54) is 41.6 Å². The number of aromatic nitrogens is 3. The first-order valence-electron chi connectivity index (χ1n) is 10.4. The number of hydrogen-bond acceptors (Lipinski definition) is 5. The zero-order valence-corrected chi connectivity index (χ0v) is 18.9. The highest BCUT2D eigenvalue weighted by atomic mass is 32.2. The highest BCUT2D eigenvalue weighted by Gasteiger charge is 2.16. The molecule has 4 rings (SSSR count). The summed E-state index contributed by atoms with van der Waals surface area (Å²) in [6.07, 6.45) is 0.803. The molecule has 4 aromatic rings. The smallest absolute Gasteiger partial charge is 0.234 e. The van der Waals surface area contributed by atoms with E-state index in [-0.39, 0.29) is 17.5 Å². The molecule has 168 valence electrons. The number of carbonyl (C=O) groups is 1. The van der Waals surface area contributed by atoms with Gasteiger partial charge in [-0.3, -0.25) is 4.79 Å². The quantitative estimate of drug-likeness (QED) is 0.352. The Balaban J connectivity index is 1.51. The Morgan fingerprint density at radius 3 is 2.42 bits per heavy atom. The average molecular weight is 463 g/mol. The van der Waals surface area contributed by atoms with Crippen molar-refractivity contribution in [3.05, 3.63) is 90.2 Å². The van der Waals surface area contributed by atoms with Gasteiger partial charge in [0.1, 0.15) is 11.6 Å². The Labute approximate surface area is 195 Å². The van der Waals surface area contributed by atoms with Crippen LogP contribution in [0.5, 0.6) is 5.75 Å². The number of benzene rings is 3. The normalized spacial score (nSPS) is 10.7. The minimum Gasteiger partial charge on any atom is -0.497 e. The van der Waals surface area contributed by atoms with Crippen LogP contribution in [0.2, 0.25) is 0 Å². The lowest BCUT2D eigenvalue weighted by molar-refractivity contribution is -0.113. The molecule has 0 aliphatic rings. The Kier molecular flexibility index (Phi) is 7.36. The monoisotopic (exact) mass is 462 g/mol. The molecule has 1 heterocycles. The van der Waals surface area contributed by atoms with Crippen LogP contribution in [0.15, 0.2) is 84.0 Å². The van der Waals surface area contributed by atoms with Crippen LogP contribution in [0, 0.1) is 5.82 Å². The van der Waals surface area contributed by atoms with Gasteiger partial charge >= 0.3 is 0 Å². The van der Waals surface area contributed by atoms with E-state index in [1.54, 1.807) is 7.11 Å². The van der Waals surface area contributed by atoms with Crippen LogP contribution in [0.3, 0.4) is 0 Å². The molecule has 1 amide bonds. The van der Waals surface area contributed by atoms with Gasteiger partial charge in [0.25, 0.3) is 0 Å². The van der Waals surface area contributed by atoms with Crippen molar-refractivity contribution in [3.8, 4) is 17.1 Å². The van der Waals surface area contributed by atoms with Crippen LogP contribution in [-0.2, 0) is 17.8 Å². The van der Waals surface area contributed by atoms with Crippen LogP contribution in [0.25, 0.3) is 11.4 Å². The summed E-state index contributed by atoms with van der Waals surface area (Å²) >= 11 is 1.31. The molecule has 0 aliphatic carbocycles. The summed E-state index contributed by atoms with van der Waals surface area (Å²) in [5.41, 5.74) is 2.67. The predicted octanol–water partition coefficient (Wildman–Crippen LogP) is 5.07. The third-order valence-corrected chi connectivity index (χ3v) is 5.96. The van der Waals surface area contributed by atoms with E-state index in [0.29, 0.717) is 17.4 Å². The minimum atomic E-state index is -0.347. The van der Waals surface area contributed by atoms with Crippen LogP contribution in [0.4, 0.5) is 10.1 Å². The zero-order valence-electron chi connectivity index (χ0n) is 18.1. The van der Waals surface area contributed by atoms with E-state index >= 15 is 0 Å². The van der Waals surface area contributed by atoms with Gasteiger partial charge in [0.2, 0.25) is 5.91 Å². The predicted molar refractivity (Wildman–Crippen MR) is 128 cm³/mol. The molecule has 0 fully saturated rings. The van der Waals surface area contributed by atoms with Crippen molar-refractivity contribution in [3.63, 3.8) is 0 Å². The molecule has 0 bridgehead atoms. The number of amides is 1. The van der Waals surface area contributed by atoms with E-state index in [0.717, 1.165) is 23.6 Å². The third-order valence-electron chi connectivity index (χ3n) is 4.99. The molecule has 0 unspecified atom stereocenters. The standard InChI is InChI=1S/C25H23FN4O2S/c1-32-22-13-7-19(8-14-22)24-28-29-25(30(24)16-15-18-5-3-2-4-6-18)33-17-23(31)27-21-11-9-20(26)10-12-21/h2-14H,15-17H2,1H3,(H,27,31). The molecule has 0 radical (unpaired) electrons. The van der Waals surface area contributed by atoms with Gasteiger partial charge in [0.05, 0.1) is 12.9 Å². The lowest BCUT2D eigenvalue weighted by Crippen LogP contribution is -2.15. The summed E-state index contributed by atoms with van der Waals surface area (Å²) in [6.45, 7) is 0.667. The van der Waals surface area contributed by atoms with Crippen LogP contribution >= 0.6 is 11.8 Å². The number of hydrogen-bond donors (Lipinski definition) is 1. The van der Waals surface area contributed by atoms with Crippen molar-refractivity contribution >= 4 is 23.4 Å². The van der Waals surface area contributed by atoms with Gasteiger partial charge in [0.15, 0.2) is 11.0 Å². The number of thioether (sulfide) groups is 1. The number of halogens is 1. The second kappa shape index (κ2) is 10.8. The van der Waals surface area contributed by atoms with E-state index < -0.39 is 0 Å². The summed E-state index contributed by atoms with van der Waals surface area (Å²) in [5.74, 6) is 1.11. The van der Waals surface area contributed by atoms with Crippen LogP contribution in [0.1, 0.15) is 5.56 Å². The van der Waals surface area contributed by atoms with Gasteiger partial charge < -0.3 is 14.6 Å². The number of methoxy groups -OCH3 is 1. The molecule has 0 saturated carbocycles. The first kappa shape index (κ1) is 22.5. The first-order valence-corrected chi connectivity index (χ1v) is 11.4. The fraction of sp³-hybridized carbons (Fsp3) is 0.160. The van der Waals surface area contributed by atoms with Crippen molar-refractivity contribution in [2.75, 3.05) is 18.2 Å². The fourth-order valence-electron chi connectivity index (χ4n) is 3.30. The van der Waals surface area contributed by atoms with Gasteiger partial charge in [-0.15, -0.1) is 10.2 Å². The second-order valence-electron chi connectivity index (χ2n) is 7.27. The summed E-state index contributed by atoms with van der Waals surface area (Å²) < 4.78 is 20.4. The topological polar surface area (TPSA) is 69.0 Å². The summed E-state index contributed by atoms with van der Waals surface area (Å²) in [4.78, 5) is 12.4. The Morgan fingerprint density at radius 2 is 1.73 bits per heavy atom. The number of carbonyl (C=O) groups excluding carboxylic acids is 1. The van der Waals surface area contributed by atoms with Crippen molar-refractivity contribution in [1.29, 1.82) is 0 Å². The van der Waals surface area contributed by atoms with Crippen molar-refractivity contribution < 1.29 is 13.9 Å². The number of ether oxygens (including phenoxy) is 1. The summed E-state index contributed by atoms with van der Waals surface area (Å²) in [5, 5.41) is 12.2. The SMILES string of the molecule is COc1ccc(-c2nnc(SCC(=O)Nc3ccc(F)cc3)n2CCc2ccccc2)cc1. The maximum absolute atomic E-state index is 13.1. The van der Waals surface area contributed by atoms with Crippen molar-refractivity contribution in [1.82, 2.24) is 14.8 Å². The van der Waals surface area contributed by atoms with Gasteiger partial charge in [-0.25, -0.2) is 4.39 Å². The molecule has 1 N–H and O–H groups in total. The number of anilines is 1. The maximum Gasteiger partial charge on any atom is 0.234 e. The number of nitrogens with one attached hydrogen (secondary N) is 1. The van der Waals surface area contributed by atoms with E-state index in [2.05, 4.69) is 27.6 Å². The summed E-state index contributed by atoms with van der Waals surface area (Å²) in [7, 11) is 1.63. The molecular weight excluding hydrogens is 439 g/mol. The average Bonchev–Trinajstić information content (AvgIpc) is 3.26. The Bertz CT molecular complexity index is 1200. The molecule has 0 saturated heterocycles. The minimum absolute atomic E-state index is 0.156. The van der Waals surface area contributed by atoms with Gasteiger partial charge in [-0.05, 0) is 60.5 Å². The van der Waals surface area contributed by atoms with Gasteiger partial charge in [0, 0.05) is 17.8 Å². The third kappa shape index (κ3) is 5.98. The van der Waals surface area contributed by atoms with E-state index in [9.17, 15) is 9.18 Å².